The number of hydrogen-bond acceptors (Lipinski definition) is 3. The molecule has 0 aliphatic heterocycles. The van der Waals surface area contributed by atoms with Crippen LogP contribution in [0.4, 0.5) is 0 Å². The fraction of sp³-hybridized carbons (Fsp3) is 0.625. The van der Waals surface area contributed by atoms with Gasteiger partial charge in [-0.3, -0.25) is 0 Å². The van der Waals surface area contributed by atoms with E-state index in [1.165, 1.54) is 24.8 Å². The summed E-state index contributed by atoms with van der Waals surface area (Å²) in [7, 11) is 0. The predicted octanol–water partition coefficient (Wildman–Crippen LogP) is 4.02. The molecule has 3 heteroatoms. The highest BCUT2D eigenvalue weighted by Gasteiger charge is 2.35. The van der Waals surface area contributed by atoms with Gasteiger partial charge in [0.05, 0.1) is 6.61 Å². The first-order valence-corrected chi connectivity index (χ1v) is 8.43. The lowest BCUT2D eigenvalue weighted by Gasteiger charge is -2.41. The molecule has 1 saturated carbocycles. The van der Waals surface area contributed by atoms with Gasteiger partial charge in [-0.2, -0.15) is 11.8 Å². The Hall–Kier alpha value is -0.670. The Morgan fingerprint density at radius 3 is 2.47 bits per heavy atom. The van der Waals surface area contributed by atoms with Crippen molar-refractivity contribution in [1.29, 1.82) is 0 Å². The van der Waals surface area contributed by atoms with Crippen LogP contribution in [0, 0.1) is 0 Å². The average molecular weight is 279 g/mol. The lowest BCUT2D eigenvalue weighted by atomic mass is 9.84. The molecule has 2 nitrogen and oxygen atoms in total. The zero-order valence-corrected chi connectivity index (χ0v) is 13.1. The molecule has 0 amide bonds. The summed E-state index contributed by atoms with van der Waals surface area (Å²) in [6, 6.07) is 8.85. The van der Waals surface area contributed by atoms with Crippen LogP contribution in [0.1, 0.15) is 44.7 Å². The first-order valence-electron chi connectivity index (χ1n) is 7.20. The first-order chi connectivity index (χ1) is 9.19. The molecule has 0 spiro atoms. The molecule has 1 N–H and O–H groups in total. The van der Waals surface area contributed by atoms with Gasteiger partial charge >= 0.3 is 0 Å². The van der Waals surface area contributed by atoms with Gasteiger partial charge in [0.1, 0.15) is 5.75 Å². The Morgan fingerprint density at radius 1 is 1.32 bits per heavy atom. The summed E-state index contributed by atoms with van der Waals surface area (Å²) in [5.41, 5.74) is 1.33. The molecule has 1 unspecified atom stereocenters. The monoisotopic (exact) mass is 279 g/mol. The summed E-state index contributed by atoms with van der Waals surface area (Å²) < 4.78 is 5.97. The van der Waals surface area contributed by atoms with Crippen molar-refractivity contribution in [3.8, 4) is 5.75 Å². The fourth-order valence-electron chi connectivity index (χ4n) is 2.50. The summed E-state index contributed by atoms with van der Waals surface area (Å²) in [5, 5.41) is 3.68. The van der Waals surface area contributed by atoms with E-state index in [0.29, 0.717) is 10.8 Å². The van der Waals surface area contributed by atoms with Crippen LogP contribution in [0.25, 0.3) is 0 Å². The van der Waals surface area contributed by atoms with Gasteiger partial charge < -0.3 is 10.1 Å². The normalized spacial score (nSPS) is 18.7. The van der Waals surface area contributed by atoms with Crippen LogP contribution in [0.2, 0.25) is 0 Å². The molecular weight excluding hydrogens is 254 g/mol. The van der Waals surface area contributed by atoms with E-state index in [2.05, 4.69) is 42.8 Å². The second-order valence-electron chi connectivity index (χ2n) is 5.35. The molecule has 106 valence electrons. The van der Waals surface area contributed by atoms with E-state index in [1.807, 2.05) is 18.7 Å². The van der Waals surface area contributed by atoms with Crippen LogP contribution in [0.5, 0.6) is 5.75 Å². The molecule has 1 aromatic rings. The standard InChI is InChI=1S/C16H25NOS/c1-4-18-15-8-6-14(7-9-15)13(2)17-12-16(19-3)10-5-11-16/h6-9,13,17H,4-5,10-12H2,1-3H3. The van der Waals surface area contributed by atoms with Gasteiger partial charge in [-0.15, -0.1) is 0 Å². The molecular formula is C16H25NOS. The number of hydrogen-bond donors (Lipinski definition) is 1. The Labute approximate surface area is 121 Å². The van der Waals surface area contributed by atoms with Crippen LogP contribution in [-0.2, 0) is 0 Å². The molecule has 0 aromatic heterocycles. The van der Waals surface area contributed by atoms with Crippen molar-refractivity contribution >= 4 is 11.8 Å². The minimum atomic E-state index is 0.403. The quantitative estimate of drug-likeness (QED) is 0.814. The van der Waals surface area contributed by atoms with E-state index >= 15 is 0 Å². The molecule has 0 saturated heterocycles. The Kier molecular flexibility index (Phi) is 5.17. The summed E-state index contributed by atoms with van der Waals surface area (Å²) >= 11 is 2.02. The van der Waals surface area contributed by atoms with Crippen molar-refractivity contribution in [3.63, 3.8) is 0 Å². The van der Waals surface area contributed by atoms with E-state index in [1.54, 1.807) is 0 Å². The molecule has 1 atom stereocenters. The zero-order valence-electron chi connectivity index (χ0n) is 12.2. The SMILES string of the molecule is CCOc1ccc(C(C)NCC2(SC)CCC2)cc1. The highest BCUT2D eigenvalue weighted by atomic mass is 32.2. The molecule has 1 aromatic carbocycles. The Balaban J connectivity index is 1.86. The van der Waals surface area contributed by atoms with Crippen LogP contribution in [0.3, 0.4) is 0 Å². The maximum Gasteiger partial charge on any atom is 0.119 e. The predicted molar refractivity (Wildman–Crippen MR) is 84.1 cm³/mol. The largest absolute Gasteiger partial charge is 0.494 e. The average Bonchev–Trinajstić information content (AvgIpc) is 2.39. The number of ether oxygens (including phenoxy) is 1. The van der Waals surface area contributed by atoms with E-state index < -0.39 is 0 Å². The van der Waals surface area contributed by atoms with Crippen LogP contribution < -0.4 is 10.1 Å². The molecule has 1 aliphatic rings. The lowest BCUT2D eigenvalue weighted by Crippen LogP contribution is -2.43. The lowest BCUT2D eigenvalue weighted by molar-refractivity contribution is 0.333. The number of nitrogens with one attached hydrogen (secondary N) is 1. The molecule has 1 fully saturated rings. The van der Waals surface area contributed by atoms with E-state index in [-0.39, 0.29) is 0 Å². The van der Waals surface area contributed by atoms with Gasteiger partial charge in [0, 0.05) is 17.3 Å². The smallest absolute Gasteiger partial charge is 0.119 e. The van der Waals surface area contributed by atoms with E-state index in [9.17, 15) is 0 Å². The molecule has 0 heterocycles. The topological polar surface area (TPSA) is 21.3 Å². The minimum absolute atomic E-state index is 0.403. The minimum Gasteiger partial charge on any atom is -0.494 e. The van der Waals surface area contributed by atoms with E-state index in [4.69, 9.17) is 4.74 Å². The fourth-order valence-corrected chi connectivity index (χ4v) is 3.43. The van der Waals surface area contributed by atoms with E-state index in [0.717, 1.165) is 18.9 Å². The number of benzene rings is 1. The van der Waals surface area contributed by atoms with Gasteiger partial charge in [0.15, 0.2) is 0 Å². The van der Waals surface area contributed by atoms with Crippen molar-refractivity contribution in [3.05, 3.63) is 29.8 Å². The van der Waals surface area contributed by atoms with Gasteiger partial charge in [-0.25, -0.2) is 0 Å². The van der Waals surface area contributed by atoms with Crippen molar-refractivity contribution < 1.29 is 4.74 Å². The van der Waals surface area contributed by atoms with Crippen molar-refractivity contribution in [1.82, 2.24) is 5.32 Å². The molecule has 2 rings (SSSR count). The highest BCUT2D eigenvalue weighted by molar-refractivity contribution is 8.00. The van der Waals surface area contributed by atoms with Gasteiger partial charge in [0.2, 0.25) is 0 Å². The summed E-state index contributed by atoms with van der Waals surface area (Å²) in [5.74, 6) is 0.957. The van der Waals surface area contributed by atoms with Gasteiger partial charge in [-0.05, 0) is 50.6 Å². The third-order valence-electron chi connectivity index (χ3n) is 4.12. The highest BCUT2D eigenvalue weighted by Crippen LogP contribution is 2.42. The number of thioether (sulfide) groups is 1. The van der Waals surface area contributed by atoms with Crippen molar-refractivity contribution in [2.45, 2.75) is 43.9 Å². The summed E-state index contributed by atoms with van der Waals surface area (Å²) in [4.78, 5) is 0. The number of rotatable bonds is 7. The third-order valence-corrected chi connectivity index (χ3v) is 5.54. The zero-order chi connectivity index (χ0) is 13.7. The second-order valence-corrected chi connectivity index (χ2v) is 6.62. The maximum atomic E-state index is 5.47. The second kappa shape index (κ2) is 6.67. The molecule has 1 aliphatic carbocycles. The van der Waals surface area contributed by atoms with Crippen LogP contribution in [-0.4, -0.2) is 24.2 Å². The van der Waals surface area contributed by atoms with Crippen LogP contribution in [0.15, 0.2) is 24.3 Å². The third kappa shape index (κ3) is 3.67. The van der Waals surface area contributed by atoms with Crippen molar-refractivity contribution in [2.75, 3.05) is 19.4 Å². The molecule has 0 radical (unpaired) electrons. The summed E-state index contributed by atoms with van der Waals surface area (Å²) in [6.45, 7) is 6.09. The molecule has 19 heavy (non-hydrogen) atoms. The Bertz CT molecular complexity index is 381. The summed E-state index contributed by atoms with van der Waals surface area (Å²) in [6.07, 6.45) is 6.34. The van der Waals surface area contributed by atoms with Gasteiger partial charge in [0.25, 0.3) is 0 Å². The maximum absolute atomic E-state index is 5.47. The van der Waals surface area contributed by atoms with Crippen LogP contribution >= 0.6 is 11.8 Å². The molecule has 0 bridgehead atoms. The Morgan fingerprint density at radius 2 is 2.00 bits per heavy atom. The van der Waals surface area contributed by atoms with Gasteiger partial charge in [-0.1, -0.05) is 18.6 Å². The van der Waals surface area contributed by atoms with Crippen molar-refractivity contribution in [2.24, 2.45) is 0 Å². The first kappa shape index (κ1) is 14.7.